The zero-order valence-corrected chi connectivity index (χ0v) is 14.9. The minimum Gasteiger partial charge on any atom is -0.496 e. The van der Waals surface area contributed by atoms with E-state index in [4.69, 9.17) is 10.5 Å². The number of carbonyl (C=O) groups excluding carboxylic acids is 1. The lowest BCUT2D eigenvalue weighted by Gasteiger charge is -2.32. The summed E-state index contributed by atoms with van der Waals surface area (Å²) in [7, 11) is -2.32. The summed E-state index contributed by atoms with van der Waals surface area (Å²) in [6.45, 7) is 4.32. The third-order valence-corrected chi connectivity index (χ3v) is 5.75. The number of sulfonamides is 1. The van der Waals surface area contributed by atoms with Crippen molar-refractivity contribution in [1.82, 2.24) is 9.62 Å². The van der Waals surface area contributed by atoms with Crippen molar-refractivity contribution >= 4 is 15.9 Å². The Morgan fingerprint density at radius 1 is 1.33 bits per heavy atom. The highest BCUT2D eigenvalue weighted by molar-refractivity contribution is 7.89. The van der Waals surface area contributed by atoms with Crippen LogP contribution >= 0.6 is 0 Å². The molecule has 2 rings (SSSR count). The molecule has 134 valence electrons. The van der Waals surface area contributed by atoms with Crippen LogP contribution in [0.1, 0.15) is 36.5 Å². The number of nitrogens with two attached hydrogens (primary N) is 1. The molecule has 8 heteroatoms. The van der Waals surface area contributed by atoms with E-state index in [1.54, 1.807) is 0 Å². The van der Waals surface area contributed by atoms with Gasteiger partial charge in [0.25, 0.3) is 5.91 Å². The molecule has 1 unspecified atom stereocenters. The molecule has 1 amide bonds. The number of rotatable bonds is 7. The maximum atomic E-state index is 12.5. The lowest BCUT2D eigenvalue weighted by Crippen LogP contribution is -2.44. The average Bonchev–Trinajstić information content (AvgIpc) is 2.59. The molecular formula is C16H25N3O4S. The summed E-state index contributed by atoms with van der Waals surface area (Å²) in [5.74, 6) is -0.478. The van der Waals surface area contributed by atoms with Gasteiger partial charge in [-0.05, 0) is 51.1 Å². The second-order valence-electron chi connectivity index (χ2n) is 6.02. The Balaban J connectivity index is 2.09. The van der Waals surface area contributed by atoms with Crippen molar-refractivity contribution in [2.24, 2.45) is 5.73 Å². The van der Waals surface area contributed by atoms with Gasteiger partial charge in [-0.25, -0.2) is 13.1 Å². The van der Waals surface area contributed by atoms with Crippen molar-refractivity contribution in [2.75, 3.05) is 26.7 Å². The maximum absolute atomic E-state index is 12.5. The summed E-state index contributed by atoms with van der Waals surface area (Å²) in [5, 5.41) is 0. The summed E-state index contributed by atoms with van der Waals surface area (Å²) in [6.07, 6.45) is 3.53. The number of ether oxygens (including phenoxy) is 1. The number of methoxy groups -OCH3 is 1. The standard InChI is InChI=1S/C16H25N3O4S/c1-12(19-8-4-3-5-9-19)11-18-24(21,22)13-6-7-15(23-2)14(10-13)16(17)20/h6-7,10,12,18H,3-5,8-9,11H2,1-2H3,(H2,17,20). The van der Waals surface area contributed by atoms with Crippen molar-refractivity contribution in [2.45, 2.75) is 37.1 Å². The molecule has 1 aliphatic heterocycles. The largest absolute Gasteiger partial charge is 0.496 e. The number of carbonyl (C=O) groups is 1. The van der Waals surface area contributed by atoms with Crippen LogP contribution in [-0.2, 0) is 10.0 Å². The topological polar surface area (TPSA) is 102 Å². The number of hydrogen-bond donors (Lipinski definition) is 2. The summed E-state index contributed by atoms with van der Waals surface area (Å²) in [5.41, 5.74) is 5.33. The van der Waals surface area contributed by atoms with E-state index in [1.165, 1.54) is 31.7 Å². The fourth-order valence-electron chi connectivity index (χ4n) is 2.85. The summed E-state index contributed by atoms with van der Waals surface area (Å²) in [6, 6.07) is 4.20. The molecule has 1 aromatic carbocycles. The first-order valence-electron chi connectivity index (χ1n) is 8.06. The van der Waals surface area contributed by atoms with Crippen LogP contribution in [0.5, 0.6) is 5.75 Å². The molecule has 0 saturated carbocycles. The number of amides is 1. The molecule has 1 heterocycles. The molecule has 0 aliphatic carbocycles. The van der Waals surface area contributed by atoms with E-state index in [-0.39, 0.29) is 22.3 Å². The Kier molecular flexibility index (Phi) is 6.20. The number of likely N-dealkylation sites (tertiary alicyclic amines) is 1. The third-order valence-electron chi connectivity index (χ3n) is 4.33. The Morgan fingerprint density at radius 2 is 2.00 bits per heavy atom. The third kappa shape index (κ3) is 4.46. The maximum Gasteiger partial charge on any atom is 0.252 e. The van der Waals surface area contributed by atoms with Gasteiger partial charge in [-0.15, -0.1) is 0 Å². The quantitative estimate of drug-likeness (QED) is 0.758. The zero-order chi connectivity index (χ0) is 17.7. The molecule has 1 atom stereocenters. The van der Waals surface area contributed by atoms with Gasteiger partial charge >= 0.3 is 0 Å². The molecule has 0 radical (unpaired) electrons. The number of nitrogens with one attached hydrogen (secondary N) is 1. The predicted octanol–water partition coefficient (Wildman–Crippen LogP) is 0.947. The van der Waals surface area contributed by atoms with Crippen LogP contribution in [0.4, 0.5) is 0 Å². The van der Waals surface area contributed by atoms with Gasteiger partial charge in [0.2, 0.25) is 10.0 Å². The Bertz CT molecular complexity index is 685. The van der Waals surface area contributed by atoms with Crippen LogP contribution < -0.4 is 15.2 Å². The first-order chi connectivity index (χ1) is 11.3. The number of primary amides is 1. The molecular weight excluding hydrogens is 330 g/mol. The van der Waals surface area contributed by atoms with Crippen LogP contribution in [0.3, 0.4) is 0 Å². The number of hydrogen-bond acceptors (Lipinski definition) is 5. The van der Waals surface area contributed by atoms with E-state index in [1.807, 2.05) is 6.92 Å². The van der Waals surface area contributed by atoms with E-state index in [0.29, 0.717) is 6.54 Å². The Morgan fingerprint density at radius 3 is 2.58 bits per heavy atom. The van der Waals surface area contributed by atoms with E-state index in [9.17, 15) is 13.2 Å². The van der Waals surface area contributed by atoms with Gasteiger partial charge in [0.1, 0.15) is 5.75 Å². The van der Waals surface area contributed by atoms with E-state index < -0.39 is 15.9 Å². The summed E-state index contributed by atoms with van der Waals surface area (Å²) < 4.78 is 32.6. The fraction of sp³-hybridized carbons (Fsp3) is 0.562. The predicted molar refractivity (Wildman–Crippen MR) is 91.6 cm³/mol. The van der Waals surface area contributed by atoms with Crippen LogP contribution in [0.2, 0.25) is 0 Å². The first kappa shape index (κ1) is 18.7. The van der Waals surface area contributed by atoms with Crippen molar-refractivity contribution in [3.63, 3.8) is 0 Å². The molecule has 1 aromatic rings. The van der Waals surface area contributed by atoms with Gasteiger partial charge in [0.15, 0.2) is 0 Å². The Labute approximate surface area is 143 Å². The monoisotopic (exact) mass is 355 g/mol. The minimum absolute atomic E-state index is 0.00273. The summed E-state index contributed by atoms with van der Waals surface area (Å²) in [4.78, 5) is 13.7. The highest BCUT2D eigenvalue weighted by Gasteiger charge is 2.22. The van der Waals surface area contributed by atoms with Crippen molar-refractivity contribution in [1.29, 1.82) is 0 Å². The highest BCUT2D eigenvalue weighted by atomic mass is 32.2. The summed E-state index contributed by atoms with van der Waals surface area (Å²) >= 11 is 0. The highest BCUT2D eigenvalue weighted by Crippen LogP contribution is 2.22. The van der Waals surface area contributed by atoms with Gasteiger partial charge in [0, 0.05) is 12.6 Å². The lowest BCUT2D eigenvalue weighted by molar-refractivity contribution is 0.0997. The molecule has 1 fully saturated rings. The molecule has 1 aliphatic rings. The van der Waals surface area contributed by atoms with Crippen molar-refractivity contribution in [3.8, 4) is 5.75 Å². The van der Waals surface area contributed by atoms with Crippen molar-refractivity contribution in [3.05, 3.63) is 23.8 Å². The Hall–Kier alpha value is -1.64. The second kappa shape index (κ2) is 7.96. The molecule has 7 nitrogen and oxygen atoms in total. The SMILES string of the molecule is COc1ccc(S(=O)(=O)NCC(C)N2CCCCC2)cc1C(N)=O. The fourth-order valence-corrected chi connectivity index (χ4v) is 4.00. The zero-order valence-electron chi connectivity index (χ0n) is 14.1. The molecule has 3 N–H and O–H groups in total. The van der Waals surface area contributed by atoms with Crippen LogP contribution in [-0.4, -0.2) is 52.0 Å². The van der Waals surface area contributed by atoms with Gasteiger partial charge in [-0.1, -0.05) is 6.42 Å². The molecule has 0 bridgehead atoms. The first-order valence-corrected chi connectivity index (χ1v) is 9.55. The molecule has 24 heavy (non-hydrogen) atoms. The normalized spacial score (nSPS) is 17.4. The number of nitrogens with zero attached hydrogens (tertiary/aromatic N) is 1. The smallest absolute Gasteiger partial charge is 0.252 e. The van der Waals surface area contributed by atoms with Crippen molar-refractivity contribution < 1.29 is 17.9 Å². The average molecular weight is 355 g/mol. The van der Waals surface area contributed by atoms with Gasteiger partial charge in [-0.2, -0.15) is 0 Å². The molecule has 0 spiro atoms. The molecule has 0 aromatic heterocycles. The minimum atomic E-state index is -3.72. The van der Waals surface area contributed by atoms with Gasteiger partial charge in [0.05, 0.1) is 17.6 Å². The number of benzene rings is 1. The molecule has 1 saturated heterocycles. The van der Waals surface area contributed by atoms with Crippen LogP contribution in [0.15, 0.2) is 23.1 Å². The van der Waals surface area contributed by atoms with E-state index >= 15 is 0 Å². The number of piperidine rings is 1. The van der Waals surface area contributed by atoms with E-state index in [0.717, 1.165) is 25.9 Å². The van der Waals surface area contributed by atoms with Crippen LogP contribution in [0, 0.1) is 0 Å². The van der Waals surface area contributed by atoms with Gasteiger partial charge in [-0.3, -0.25) is 9.69 Å². The van der Waals surface area contributed by atoms with E-state index in [2.05, 4.69) is 9.62 Å². The lowest BCUT2D eigenvalue weighted by atomic mass is 10.1. The van der Waals surface area contributed by atoms with Gasteiger partial charge < -0.3 is 10.5 Å². The van der Waals surface area contributed by atoms with Crippen LogP contribution in [0.25, 0.3) is 0 Å². The second-order valence-corrected chi connectivity index (χ2v) is 7.79.